The van der Waals surface area contributed by atoms with E-state index in [4.69, 9.17) is 24.9 Å². The SMILES string of the molecule is COC1CN(C(=O)C2CC(Oc3ncc(C(C)(C)N)c4cc(Nc5ccc6c(n5)C(C)C(C)(C)OC6=O)ncc34)C2)C1. The van der Waals surface area contributed by atoms with Crippen molar-refractivity contribution in [3.63, 3.8) is 0 Å². The number of nitrogens with two attached hydrogens (primary N) is 1. The standard InChI is InChI=1S/C31H38N6O5/c1-16-26-20(29(39)42-31(16,4)5)7-8-24(36-26)35-25-11-21-22(12-33-25)27(34-13-23(21)30(2,3)32)41-18-9-17(10-18)28(38)37-14-19(15-37)40-6/h7-8,11-13,16-19H,9-10,14-15,32H2,1-6H3,(H,33,35,36). The van der Waals surface area contributed by atoms with Gasteiger partial charge in [0.05, 0.1) is 22.7 Å². The molecule has 222 valence electrons. The fraction of sp³-hybridized carbons (Fsp3) is 0.516. The van der Waals surface area contributed by atoms with Crippen LogP contribution in [0.4, 0.5) is 11.6 Å². The number of amides is 1. The van der Waals surface area contributed by atoms with E-state index < -0.39 is 11.1 Å². The van der Waals surface area contributed by atoms with Crippen LogP contribution >= 0.6 is 0 Å². The maximum absolute atomic E-state index is 12.7. The third-order valence-corrected chi connectivity index (χ3v) is 8.85. The smallest absolute Gasteiger partial charge is 0.340 e. The molecule has 1 aliphatic carbocycles. The van der Waals surface area contributed by atoms with Crippen molar-refractivity contribution in [1.29, 1.82) is 0 Å². The maximum Gasteiger partial charge on any atom is 0.340 e. The zero-order valence-electron chi connectivity index (χ0n) is 24.9. The summed E-state index contributed by atoms with van der Waals surface area (Å²) in [6.07, 6.45) is 4.83. The van der Waals surface area contributed by atoms with Gasteiger partial charge in [-0.15, -0.1) is 0 Å². The summed E-state index contributed by atoms with van der Waals surface area (Å²) in [6.45, 7) is 11.0. The van der Waals surface area contributed by atoms with Gasteiger partial charge in [0.1, 0.15) is 23.3 Å². The molecule has 5 heterocycles. The first-order valence-electron chi connectivity index (χ1n) is 14.4. The Hall–Kier alpha value is -3.83. The van der Waals surface area contributed by atoms with Crippen molar-refractivity contribution in [1.82, 2.24) is 19.9 Å². The largest absolute Gasteiger partial charge is 0.474 e. The van der Waals surface area contributed by atoms with Gasteiger partial charge in [0.2, 0.25) is 11.8 Å². The number of anilines is 2. The number of hydrogen-bond acceptors (Lipinski definition) is 10. The predicted molar refractivity (Wildman–Crippen MR) is 157 cm³/mol. The van der Waals surface area contributed by atoms with Gasteiger partial charge in [-0.3, -0.25) is 4.79 Å². The van der Waals surface area contributed by atoms with Crippen molar-refractivity contribution in [2.45, 2.75) is 76.7 Å². The Morgan fingerprint density at radius 2 is 1.86 bits per heavy atom. The van der Waals surface area contributed by atoms with E-state index in [0.29, 0.717) is 54.7 Å². The van der Waals surface area contributed by atoms with Crippen molar-refractivity contribution in [2.24, 2.45) is 11.7 Å². The average molecular weight is 575 g/mol. The fourth-order valence-corrected chi connectivity index (χ4v) is 5.72. The Labute approximate surface area is 245 Å². The molecule has 2 aliphatic heterocycles. The first kappa shape index (κ1) is 28.3. The van der Waals surface area contributed by atoms with E-state index >= 15 is 0 Å². The zero-order chi connectivity index (χ0) is 30.0. The number of carbonyl (C=O) groups is 2. The van der Waals surface area contributed by atoms with Crippen LogP contribution < -0.4 is 15.8 Å². The molecule has 3 aliphatic rings. The monoisotopic (exact) mass is 574 g/mol. The van der Waals surface area contributed by atoms with E-state index in [0.717, 1.165) is 16.3 Å². The maximum atomic E-state index is 12.7. The molecule has 0 aromatic carbocycles. The number of nitrogens with zero attached hydrogens (tertiary/aromatic N) is 4. The summed E-state index contributed by atoms with van der Waals surface area (Å²) in [5.41, 5.74) is 7.22. The second kappa shape index (κ2) is 10.2. The number of fused-ring (bicyclic) bond motifs is 2. The molecule has 1 amide bonds. The van der Waals surface area contributed by atoms with Gasteiger partial charge in [0.15, 0.2) is 0 Å². The molecule has 2 fully saturated rings. The van der Waals surface area contributed by atoms with Crippen LogP contribution in [0.1, 0.15) is 75.0 Å². The third-order valence-electron chi connectivity index (χ3n) is 8.85. The number of carbonyl (C=O) groups excluding carboxylic acids is 2. The van der Waals surface area contributed by atoms with Gasteiger partial charge in [-0.25, -0.2) is 19.7 Å². The lowest BCUT2D eigenvalue weighted by Gasteiger charge is -2.43. The van der Waals surface area contributed by atoms with Crippen LogP contribution in [0.25, 0.3) is 10.8 Å². The van der Waals surface area contributed by atoms with E-state index in [9.17, 15) is 9.59 Å². The first-order valence-corrected chi connectivity index (χ1v) is 14.4. The summed E-state index contributed by atoms with van der Waals surface area (Å²) in [5.74, 6) is 1.30. The summed E-state index contributed by atoms with van der Waals surface area (Å²) in [7, 11) is 1.67. The number of likely N-dealkylation sites (tertiary alicyclic amines) is 1. The van der Waals surface area contributed by atoms with Crippen molar-refractivity contribution in [2.75, 3.05) is 25.5 Å². The molecule has 1 saturated heterocycles. The Balaban J connectivity index is 1.23. The highest BCUT2D eigenvalue weighted by Gasteiger charge is 2.42. The van der Waals surface area contributed by atoms with E-state index in [1.54, 1.807) is 31.6 Å². The predicted octanol–water partition coefficient (Wildman–Crippen LogP) is 4.03. The molecule has 3 aromatic rings. The number of ether oxygens (including phenoxy) is 3. The van der Waals surface area contributed by atoms with Gasteiger partial charge in [0, 0.05) is 50.0 Å². The van der Waals surface area contributed by atoms with Gasteiger partial charge >= 0.3 is 5.97 Å². The minimum atomic E-state index is -0.668. The molecule has 1 atom stereocenters. The lowest BCUT2D eigenvalue weighted by Crippen LogP contribution is -2.58. The molecule has 42 heavy (non-hydrogen) atoms. The molecule has 0 bridgehead atoms. The highest BCUT2D eigenvalue weighted by atomic mass is 16.6. The van der Waals surface area contributed by atoms with Crippen molar-refractivity contribution in [3.8, 4) is 5.88 Å². The number of methoxy groups -OCH3 is 1. The molecule has 3 N–H and O–H groups in total. The third kappa shape index (κ3) is 5.05. The van der Waals surface area contributed by atoms with Crippen LogP contribution in [0, 0.1) is 5.92 Å². The zero-order valence-corrected chi connectivity index (χ0v) is 24.9. The van der Waals surface area contributed by atoms with Gasteiger partial charge in [-0.1, -0.05) is 6.92 Å². The van der Waals surface area contributed by atoms with E-state index in [-0.39, 0.29) is 35.9 Å². The first-order chi connectivity index (χ1) is 19.8. The molecule has 1 unspecified atom stereocenters. The number of nitrogens with one attached hydrogen (secondary N) is 1. The molecule has 1 saturated carbocycles. The highest BCUT2D eigenvalue weighted by Crippen LogP contribution is 2.39. The van der Waals surface area contributed by atoms with E-state index in [2.05, 4.69) is 15.3 Å². The van der Waals surface area contributed by atoms with Crippen LogP contribution in [-0.4, -0.2) is 69.7 Å². The minimum absolute atomic E-state index is 0.0329. The molecule has 0 radical (unpaired) electrons. The minimum Gasteiger partial charge on any atom is -0.474 e. The summed E-state index contributed by atoms with van der Waals surface area (Å²) in [6, 6.07) is 5.40. The van der Waals surface area contributed by atoms with Crippen molar-refractivity contribution >= 4 is 34.3 Å². The average Bonchev–Trinajstić information content (AvgIpc) is 2.87. The lowest BCUT2D eigenvalue weighted by atomic mass is 9.80. The summed E-state index contributed by atoms with van der Waals surface area (Å²) >= 11 is 0. The number of pyridine rings is 3. The molecule has 11 heteroatoms. The molecular weight excluding hydrogens is 536 g/mol. The number of rotatable bonds is 7. The summed E-state index contributed by atoms with van der Waals surface area (Å²) in [4.78, 5) is 41.1. The Kier molecular flexibility index (Phi) is 6.85. The number of hydrogen-bond donors (Lipinski definition) is 2. The summed E-state index contributed by atoms with van der Waals surface area (Å²) in [5, 5.41) is 4.89. The van der Waals surface area contributed by atoms with Gasteiger partial charge < -0.3 is 30.2 Å². The van der Waals surface area contributed by atoms with Crippen molar-refractivity contribution < 1.29 is 23.8 Å². The summed E-state index contributed by atoms with van der Waals surface area (Å²) < 4.78 is 17.2. The second-order valence-electron chi connectivity index (χ2n) is 12.8. The van der Waals surface area contributed by atoms with Crippen LogP contribution in [0.5, 0.6) is 5.88 Å². The Morgan fingerprint density at radius 1 is 1.12 bits per heavy atom. The molecule has 0 spiro atoms. The van der Waals surface area contributed by atoms with Crippen LogP contribution in [0.2, 0.25) is 0 Å². The Morgan fingerprint density at radius 3 is 2.55 bits per heavy atom. The second-order valence-corrected chi connectivity index (χ2v) is 12.8. The Bertz CT molecular complexity index is 1560. The normalized spacial score (nSPS) is 23.5. The van der Waals surface area contributed by atoms with Crippen molar-refractivity contribution in [3.05, 3.63) is 47.4 Å². The fourth-order valence-electron chi connectivity index (χ4n) is 5.72. The van der Waals surface area contributed by atoms with Gasteiger partial charge in [-0.05, 0) is 69.7 Å². The van der Waals surface area contributed by atoms with Crippen LogP contribution in [0.3, 0.4) is 0 Å². The van der Waals surface area contributed by atoms with E-state index in [1.165, 1.54) is 0 Å². The van der Waals surface area contributed by atoms with Crippen LogP contribution in [0.15, 0.2) is 30.6 Å². The highest BCUT2D eigenvalue weighted by molar-refractivity contribution is 5.93. The van der Waals surface area contributed by atoms with Gasteiger partial charge in [0.25, 0.3) is 0 Å². The van der Waals surface area contributed by atoms with Gasteiger partial charge in [-0.2, -0.15) is 0 Å². The van der Waals surface area contributed by atoms with Crippen LogP contribution in [-0.2, 0) is 19.8 Å². The molecular formula is C31H38N6O5. The van der Waals surface area contributed by atoms with E-state index in [1.807, 2.05) is 45.6 Å². The molecule has 6 rings (SSSR count). The lowest BCUT2D eigenvalue weighted by molar-refractivity contribution is -0.153. The molecule has 3 aromatic heterocycles. The molecule has 11 nitrogen and oxygen atoms in total. The number of cyclic esters (lactones) is 1. The number of esters is 1. The topological polar surface area (TPSA) is 142 Å². The quantitative estimate of drug-likeness (QED) is 0.397. The number of aromatic nitrogens is 3.